The van der Waals surface area contributed by atoms with Gasteiger partial charge in [-0.1, -0.05) is 0 Å². The predicted octanol–water partition coefficient (Wildman–Crippen LogP) is -4.45. The average molecular weight is 271 g/mol. The van der Waals surface area contributed by atoms with Gasteiger partial charge in [-0.25, -0.2) is 0 Å². The van der Waals surface area contributed by atoms with Gasteiger partial charge >= 0.3 is 96.8 Å². The zero-order chi connectivity index (χ0) is 4.50. The molecule has 7 heavy (non-hydrogen) atoms. The smallest absolute Gasteiger partial charge is 3.00 e. The Labute approximate surface area is 94.8 Å². The molecule has 0 radical (unpaired) electrons. The Kier molecular flexibility index (Phi) is 15.7. The zero-order valence-corrected chi connectivity index (χ0v) is 9.93. The van der Waals surface area contributed by atoms with Crippen molar-refractivity contribution in [3.63, 3.8) is 0 Å². The minimum atomic E-state index is -6.10. The fraction of sp³-hybridized carbons (Fsp3) is 0. The van der Waals surface area contributed by atoms with Gasteiger partial charge in [0.2, 0.25) is 0 Å². The molecule has 0 aliphatic heterocycles. The van der Waals surface area contributed by atoms with Gasteiger partial charge in [0.05, 0.1) is 0 Å². The summed E-state index contributed by atoms with van der Waals surface area (Å²) in [7, 11) is 0. The molecule has 0 atom stereocenters. The predicted molar refractivity (Wildman–Crippen MR) is 12.2 cm³/mol. The van der Waals surface area contributed by atoms with E-state index >= 15 is 0 Å². The number of hydrogen-bond acceptors (Lipinski definition) is 4. The second-order valence-electron chi connectivity index (χ2n) is 0.447. The van der Waals surface area contributed by atoms with Gasteiger partial charge in [0.25, 0.3) is 0 Å². The first-order valence-corrected chi connectivity index (χ1v) is 4.90. The van der Waals surface area contributed by atoms with Crippen LogP contribution in [0.4, 0.5) is 0 Å². The molecule has 0 unspecified atom stereocenters. The van der Waals surface area contributed by atoms with Crippen LogP contribution in [0.5, 0.6) is 0 Å². The monoisotopic (exact) mass is 270 g/mol. The van der Waals surface area contributed by atoms with Gasteiger partial charge in [-0.2, -0.15) is 0 Å². The van der Waals surface area contributed by atoms with Crippen molar-refractivity contribution in [3.8, 4) is 0 Å². The third-order valence-corrected chi connectivity index (χ3v) is 0. The van der Waals surface area contributed by atoms with Gasteiger partial charge in [-0.3, -0.25) is 0 Å². The second kappa shape index (κ2) is 6.74. The first kappa shape index (κ1) is 16.3. The van der Waals surface area contributed by atoms with Crippen molar-refractivity contribution in [3.05, 3.63) is 0 Å². The van der Waals surface area contributed by atoms with E-state index in [1.54, 1.807) is 0 Å². The topological polar surface area (TPSA) is 86.2 Å². The number of hydrogen-bond donors (Lipinski definition) is 0. The van der Waals surface area contributed by atoms with E-state index in [1.807, 2.05) is 0 Å². The van der Waals surface area contributed by atoms with E-state index in [1.165, 1.54) is 0 Å². The third kappa shape index (κ3) is 54.9. The van der Waals surface area contributed by atoms with E-state index < -0.39 is 20.1 Å². The molecule has 0 amide bonds. The maximum absolute atomic E-state index is 8.64. The van der Waals surface area contributed by atoms with Gasteiger partial charge in [-0.05, 0) is 0 Å². The van der Waals surface area contributed by atoms with E-state index in [4.69, 9.17) is 13.2 Å². The van der Waals surface area contributed by atoms with Gasteiger partial charge < -0.3 is 0 Å². The summed E-state index contributed by atoms with van der Waals surface area (Å²) in [6, 6.07) is 0. The van der Waals surface area contributed by atoms with Gasteiger partial charge in [0, 0.05) is 0 Å². The van der Waals surface area contributed by atoms with Crippen molar-refractivity contribution in [2.75, 3.05) is 0 Å². The second-order valence-corrected chi connectivity index (χ2v) is 3.00. The molecule has 0 heterocycles. The fourth-order valence-electron chi connectivity index (χ4n) is 0. The van der Waals surface area contributed by atoms with Crippen LogP contribution < -0.4 is 10.2 Å². The van der Waals surface area contributed by atoms with Crippen LogP contribution in [0.2, 0.25) is 0 Å². The summed E-state index contributed by atoms with van der Waals surface area (Å²) in [5.41, 5.74) is 0. The van der Waals surface area contributed by atoms with Crippen LogP contribution in [-0.2, 0) is 28.9 Å². The van der Waals surface area contributed by atoms with Crippen LogP contribution in [0, 0.1) is 0 Å². The van der Waals surface area contributed by atoms with Crippen molar-refractivity contribution >= 4 is 57.8 Å². The Bertz CT molecular complexity index is 57.8. The zero-order valence-electron chi connectivity index (χ0n) is 3.36. The summed E-state index contributed by atoms with van der Waals surface area (Å²) in [6.07, 6.45) is 0. The van der Waals surface area contributed by atoms with Gasteiger partial charge in [-0.15, -0.1) is 0 Å². The standard InChI is InChI=1S/Ca.4O.Sb.Sc/q+2;;3*-1;;+3. The van der Waals surface area contributed by atoms with Crippen molar-refractivity contribution in [1.82, 2.24) is 0 Å². The Morgan fingerprint density at radius 2 is 1.14 bits per heavy atom. The van der Waals surface area contributed by atoms with E-state index in [0.717, 1.165) is 0 Å². The number of rotatable bonds is 0. The third-order valence-electron chi connectivity index (χ3n) is 0. The SMILES string of the molecule is [Ca+2].[O]=[Sb]([O-])([O-])[O-].[Sc+3]. The van der Waals surface area contributed by atoms with Crippen molar-refractivity contribution in [1.29, 1.82) is 0 Å². The summed E-state index contributed by atoms with van der Waals surface area (Å²) in [6.45, 7) is 0. The molecule has 0 N–H and O–H groups in total. The molecular formula is CaO4SbSc+2. The molecule has 0 spiro atoms. The van der Waals surface area contributed by atoms with Crippen LogP contribution >= 0.6 is 0 Å². The molecule has 0 bridgehead atoms. The molecule has 0 aromatic heterocycles. The quantitative estimate of drug-likeness (QED) is 0.416. The summed E-state index contributed by atoms with van der Waals surface area (Å²) in [5.74, 6) is 0. The van der Waals surface area contributed by atoms with Gasteiger partial charge in [0.15, 0.2) is 0 Å². The summed E-state index contributed by atoms with van der Waals surface area (Å²) in [5, 5.41) is 0. The summed E-state index contributed by atoms with van der Waals surface area (Å²) in [4.78, 5) is 0. The molecule has 32 valence electrons. The van der Waals surface area contributed by atoms with Crippen LogP contribution in [0.3, 0.4) is 0 Å². The molecule has 0 rings (SSSR count). The molecule has 0 aliphatic rings. The van der Waals surface area contributed by atoms with E-state index in [0.29, 0.717) is 0 Å². The minimum Gasteiger partial charge on any atom is 3.00 e. The average Bonchev–Trinajstić information content (AvgIpc) is 0.722. The first-order valence-electron chi connectivity index (χ1n) is 0.730. The van der Waals surface area contributed by atoms with Crippen molar-refractivity contribution < 1.29 is 39.0 Å². The molecular weight excluding hydrogens is 271 g/mol. The minimum absolute atomic E-state index is 0. The van der Waals surface area contributed by atoms with E-state index in [-0.39, 0.29) is 63.6 Å². The molecule has 0 aromatic carbocycles. The Morgan fingerprint density at radius 1 is 1.14 bits per heavy atom. The Morgan fingerprint density at radius 3 is 1.14 bits per heavy atom. The van der Waals surface area contributed by atoms with Crippen LogP contribution in [-0.4, -0.2) is 57.8 Å². The van der Waals surface area contributed by atoms with Crippen LogP contribution in [0.1, 0.15) is 0 Å². The Hall–Kier alpha value is 2.63. The maximum atomic E-state index is 8.64. The fourth-order valence-corrected chi connectivity index (χ4v) is 0. The van der Waals surface area contributed by atoms with Crippen molar-refractivity contribution in [2.24, 2.45) is 0 Å². The van der Waals surface area contributed by atoms with E-state index in [9.17, 15) is 0 Å². The molecule has 7 heteroatoms. The maximum Gasteiger partial charge on any atom is 3.00 e. The summed E-state index contributed by atoms with van der Waals surface area (Å²) >= 11 is -6.10. The molecule has 0 aromatic rings. The van der Waals surface area contributed by atoms with E-state index in [2.05, 4.69) is 0 Å². The summed E-state index contributed by atoms with van der Waals surface area (Å²) < 4.78 is 34.6. The Balaban J connectivity index is -0.0000000800. The first-order chi connectivity index (χ1) is 2.00. The van der Waals surface area contributed by atoms with Crippen LogP contribution in [0.15, 0.2) is 0 Å². The van der Waals surface area contributed by atoms with Gasteiger partial charge in [0.1, 0.15) is 0 Å². The molecule has 0 fully saturated rings. The molecule has 0 aliphatic carbocycles. The molecule has 4 nitrogen and oxygen atoms in total. The van der Waals surface area contributed by atoms with Crippen LogP contribution in [0.25, 0.3) is 0 Å². The molecule has 0 saturated heterocycles. The largest absolute Gasteiger partial charge is 3.00 e. The normalized spacial score (nSPS) is 8.43. The van der Waals surface area contributed by atoms with Crippen molar-refractivity contribution in [2.45, 2.75) is 0 Å². The molecule has 0 saturated carbocycles.